The van der Waals surface area contributed by atoms with Gasteiger partial charge in [0.1, 0.15) is 7.05 Å². The molecule has 2 heterocycles. The molecule has 0 bridgehead atoms. The van der Waals surface area contributed by atoms with E-state index in [9.17, 15) is 0 Å². The summed E-state index contributed by atoms with van der Waals surface area (Å²) in [5.74, 6) is 2.74. The number of rotatable bonds is 4. The Morgan fingerprint density at radius 2 is 1.56 bits per heavy atom. The Hall–Kier alpha value is -4.51. The van der Waals surface area contributed by atoms with Gasteiger partial charge in [-0.2, -0.15) is 0 Å². The van der Waals surface area contributed by atoms with Gasteiger partial charge in [0.05, 0.1) is 25.7 Å². The lowest BCUT2D eigenvalue weighted by atomic mass is 9.69. The molecule has 0 radical (unpaired) electrons. The lowest BCUT2D eigenvalue weighted by Gasteiger charge is -2.36. The molecule has 0 amide bonds. The van der Waals surface area contributed by atoms with Gasteiger partial charge in [0, 0.05) is 5.56 Å². The molecule has 1 aliphatic carbocycles. The maximum atomic E-state index is 5.91. The molecule has 0 N–H and O–H groups in total. The van der Waals surface area contributed by atoms with Crippen LogP contribution in [0.3, 0.4) is 0 Å². The zero-order valence-corrected chi connectivity index (χ0v) is 22.7. The molecular weight excluding hydrogens is 486 g/mol. The van der Waals surface area contributed by atoms with Crippen LogP contribution in [0.15, 0.2) is 102 Å². The first kappa shape index (κ1) is 24.8. The van der Waals surface area contributed by atoms with Crippen molar-refractivity contribution >= 4 is 17.9 Å². The monoisotopic (exact) mass is 518 g/mol. The third kappa shape index (κ3) is 4.15. The predicted molar refractivity (Wildman–Crippen MR) is 155 cm³/mol. The summed E-state index contributed by atoms with van der Waals surface area (Å²) in [5, 5.41) is 0. The largest absolute Gasteiger partial charge is 0.493 e. The van der Waals surface area contributed by atoms with Crippen LogP contribution in [0.1, 0.15) is 29.7 Å². The fourth-order valence-corrected chi connectivity index (χ4v) is 6.02. The maximum Gasteiger partial charge on any atom is 0.231 e. The first-order chi connectivity index (χ1) is 19.0. The molecule has 2 atom stereocenters. The van der Waals surface area contributed by atoms with Crippen LogP contribution in [0.5, 0.6) is 11.5 Å². The van der Waals surface area contributed by atoms with E-state index in [1.54, 1.807) is 14.2 Å². The molecule has 2 unspecified atom stereocenters. The topological polar surface area (TPSA) is 39.9 Å². The first-order valence-electron chi connectivity index (χ1n) is 13.1. The smallest absolute Gasteiger partial charge is 0.231 e. The quantitative estimate of drug-likeness (QED) is 0.348. The number of methoxy groups -OCH3 is 2. The molecule has 0 spiro atoms. The second kappa shape index (κ2) is 9.99. The van der Waals surface area contributed by atoms with Crippen molar-refractivity contribution in [3.63, 3.8) is 0 Å². The van der Waals surface area contributed by atoms with Crippen LogP contribution in [0.25, 0.3) is 22.8 Å². The van der Waals surface area contributed by atoms with Crippen LogP contribution in [0.2, 0.25) is 0 Å². The summed E-state index contributed by atoms with van der Waals surface area (Å²) in [7, 11) is 5.47. The van der Waals surface area contributed by atoms with Gasteiger partial charge in [0.25, 0.3) is 0 Å². The number of ether oxygens (including phenoxy) is 4. The average molecular weight is 519 g/mol. The van der Waals surface area contributed by atoms with Crippen molar-refractivity contribution in [3.8, 4) is 22.6 Å². The van der Waals surface area contributed by atoms with Gasteiger partial charge < -0.3 is 18.9 Å². The predicted octanol–water partition coefficient (Wildman–Crippen LogP) is 7.03. The second-order valence-corrected chi connectivity index (χ2v) is 9.91. The Balaban J connectivity index is 1.57. The Kier molecular flexibility index (Phi) is 6.35. The molecule has 6 rings (SSSR count). The van der Waals surface area contributed by atoms with Crippen LogP contribution >= 0.6 is 0 Å². The highest BCUT2D eigenvalue weighted by molar-refractivity contribution is 5.94. The summed E-state index contributed by atoms with van der Waals surface area (Å²) in [6, 6.07) is 23.5. The van der Waals surface area contributed by atoms with Gasteiger partial charge in [-0.1, -0.05) is 67.3 Å². The number of benzene rings is 3. The Labute approximate surface area is 229 Å². The first-order valence-corrected chi connectivity index (χ1v) is 13.1. The van der Waals surface area contributed by atoms with Gasteiger partial charge in [-0.25, -0.2) is 4.58 Å². The summed E-state index contributed by atoms with van der Waals surface area (Å²) in [4.78, 5) is 0. The van der Waals surface area contributed by atoms with E-state index in [1.807, 2.05) is 6.07 Å². The number of nitrogens with zero attached hydrogens (tertiary/aromatic N) is 1. The van der Waals surface area contributed by atoms with Gasteiger partial charge in [-0.05, 0) is 58.5 Å². The summed E-state index contributed by atoms with van der Waals surface area (Å²) >= 11 is 0. The van der Waals surface area contributed by atoms with Crippen LogP contribution in [-0.4, -0.2) is 38.9 Å². The zero-order valence-electron chi connectivity index (χ0n) is 22.7. The van der Waals surface area contributed by atoms with Crippen molar-refractivity contribution in [2.45, 2.75) is 13.0 Å². The third-order valence-electron chi connectivity index (χ3n) is 7.86. The van der Waals surface area contributed by atoms with Gasteiger partial charge in [-0.3, -0.25) is 0 Å². The summed E-state index contributed by atoms with van der Waals surface area (Å²) in [6.07, 6.45) is 6.63. The van der Waals surface area contributed by atoms with Crippen molar-refractivity contribution in [2.24, 2.45) is 5.92 Å². The average Bonchev–Trinajstić information content (AvgIpc) is 3.41. The minimum Gasteiger partial charge on any atom is -0.493 e. The molecule has 196 valence electrons. The van der Waals surface area contributed by atoms with Gasteiger partial charge in [0.2, 0.25) is 6.79 Å². The molecule has 3 aromatic carbocycles. The van der Waals surface area contributed by atoms with Crippen LogP contribution in [0.4, 0.5) is 0 Å². The molecule has 1 saturated heterocycles. The fourth-order valence-electron chi connectivity index (χ4n) is 6.02. The van der Waals surface area contributed by atoms with E-state index >= 15 is 0 Å². The maximum absolute atomic E-state index is 5.91. The molecule has 3 aromatic rings. The highest BCUT2D eigenvalue weighted by Crippen LogP contribution is 2.52. The van der Waals surface area contributed by atoms with Gasteiger partial charge in [-0.15, -0.1) is 0 Å². The molecule has 0 saturated carbocycles. The SMILES string of the molecule is C=C1OCOC1=C1C=[N+](C)C2c3cc(OC)c(OC)cc3C=C(c3ccc(-c4ccccc4)cc3)C2C1=CC. The molecule has 1 fully saturated rings. The normalized spacial score (nSPS) is 22.8. The van der Waals surface area contributed by atoms with E-state index in [-0.39, 0.29) is 18.8 Å². The lowest BCUT2D eigenvalue weighted by Crippen LogP contribution is -2.35. The number of hydrogen-bond acceptors (Lipinski definition) is 4. The third-order valence-corrected chi connectivity index (χ3v) is 7.86. The second-order valence-electron chi connectivity index (χ2n) is 9.91. The Bertz CT molecular complexity index is 1580. The van der Waals surface area contributed by atoms with Gasteiger partial charge in [0.15, 0.2) is 35.3 Å². The van der Waals surface area contributed by atoms with E-state index < -0.39 is 0 Å². The summed E-state index contributed by atoms with van der Waals surface area (Å²) in [5.41, 5.74) is 9.28. The Morgan fingerprint density at radius 1 is 0.897 bits per heavy atom. The van der Waals surface area contributed by atoms with Crippen LogP contribution in [-0.2, 0) is 9.47 Å². The standard InChI is InChI=1S/C34H32NO4/c1-6-26-29(34-21(2)38-20-39-34)19-35(3)33-28-18-31(37-5)30(36-4)17-25(28)16-27(32(26)33)24-14-12-23(13-15-24)22-10-8-7-9-11-22/h6-19,32-33H,2,20H2,1,3-5H3/q+1. The zero-order chi connectivity index (χ0) is 27.1. The van der Waals surface area contributed by atoms with Crippen molar-refractivity contribution in [2.75, 3.05) is 28.1 Å². The van der Waals surface area contributed by atoms with E-state index in [4.69, 9.17) is 18.9 Å². The van der Waals surface area contributed by atoms with Crippen molar-refractivity contribution in [1.82, 2.24) is 0 Å². The van der Waals surface area contributed by atoms with Crippen molar-refractivity contribution in [1.29, 1.82) is 0 Å². The van der Waals surface area contributed by atoms with Crippen LogP contribution in [0, 0.1) is 5.92 Å². The molecule has 2 aliphatic heterocycles. The number of hydrogen-bond donors (Lipinski definition) is 0. The van der Waals surface area contributed by atoms with Crippen LogP contribution < -0.4 is 9.47 Å². The molecule has 39 heavy (non-hydrogen) atoms. The van der Waals surface area contributed by atoms with E-state index in [0.29, 0.717) is 17.3 Å². The number of fused-ring (bicyclic) bond motifs is 3. The van der Waals surface area contributed by atoms with Crippen molar-refractivity contribution < 1.29 is 23.5 Å². The lowest BCUT2D eigenvalue weighted by molar-refractivity contribution is -0.547. The molecule has 3 aliphatic rings. The number of allylic oxidation sites excluding steroid dienone is 2. The van der Waals surface area contributed by atoms with E-state index in [0.717, 1.165) is 16.9 Å². The van der Waals surface area contributed by atoms with Gasteiger partial charge >= 0.3 is 0 Å². The molecule has 5 nitrogen and oxygen atoms in total. The van der Waals surface area contributed by atoms with E-state index in [2.05, 4.69) is 104 Å². The minimum absolute atomic E-state index is 0.0395. The Morgan fingerprint density at radius 3 is 2.21 bits per heavy atom. The van der Waals surface area contributed by atoms with E-state index in [1.165, 1.54) is 33.4 Å². The summed E-state index contributed by atoms with van der Waals surface area (Å²) < 4.78 is 25.1. The molecule has 0 aromatic heterocycles. The summed E-state index contributed by atoms with van der Waals surface area (Å²) in [6.45, 7) is 6.36. The van der Waals surface area contributed by atoms with Crippen molar-refractivity contribution in [3.05, 3.63) is 119 Å². The highest BCUT2D eigenvalue weighted by atomic mass is 16.7. The molecular formula is C34H32NO4+. The highest BCUT2D eigenvalue weighted by Gasteiger charge is 2.46. The minimum atomic E-state index is 0.0395. The fraction of sp³-hybridized carbons (Fsp3) is 0.206. The molecule has 5 heteroatoms.